The zero-order valence-electron chi connectivity index (χ0n) is 6.10. The SMILES string of the molecule is N#Cc1cn2cc(N)ncc2n1. The lowest BCUT2D eigenvalue weighted by molar-refractivity contribution is 1.13. The van der Waals surface area contributed by atoms with Gasteiger partial charge in [-0.05, 0) is 0 Å². The van der Waals surface area contributed by atoms with Crippen LogP contribution in [-0.2, 0) is 0 Å². The molecule has 5 heteroatoms. The molecule has 0 saturated carbocycles. The van der Waals surface area contributed by atoms with Crippen LogP contribution < -0.4 is 5.73 Å². The second-order valence-electron chi connectivity index (χ2n) is 2.32. The Balaban J connectivity index is 2.77. The van der Waals surface area contributed by atoms with Gasteiger partial charge in [0.05, 0.1) is 12.4 Å². The van der Waals surface area contributed by atoms with Crippen molar-refractivity contribution in [2.24, 2.45) is 0 Å². The maximum atomic E-state index is 8.53. The Morgan fingerprint density at radius 1 is 1.50 bits per heavy atom. The summed E-state index contributed by atoms with van der Waals surface area (Å²) in [6.45, 7) is 0. The molecule has 2 aromatic rings. The molecule has 0 saturated heterocycles. The fraction of sp³-hybridized carbons (Fsp3) is 0. The van der Waals surface area contributed by atoms with Gasteiger partial charge in [-0.2, -0.15) is 5.26 Å². The molecule has 2 aromatic heterocycles. The number of aromatic nitrogens is 3. The van der Waals surface area contributed by atoms with Crippen molar-refractivity contribution in [2.75, 3.05) is 5.73 Å². The van der Waals surface area contributed by atoms with Crippen molar-refractivity contribution in [1.29, 1.82) is 5.26 Å². The third-order valence-corrected chi connectivity index (χ3v) is 1.48. The first-order valence-electron chi connectivity index (χ1n) is 3.30. The van der Waals surface area contributed by atoms with E-state index < -0.39 is 0 Å². The molecule has 2 N–H and O–H groups in total. The van der Waals surface area contributed by atoms with E-state index in [1.165, 1.54) is 6.20 Å². The summed E-state index contributed by atoms with van der Waals surface area (Å²) in [7, 11) is 0. The number of anilines is 1. The minimum absolute atomic E-state index is 0.363. The van der Waals surface area contributed by atoms with Crippen LogP contribution in [0.3, 0.4) is 0 Å². The highest BCUT2D eigenvalue weighted by Crippen LogP contribution is 2.04. The first kappa shape index (κ1) is 6.61. The standard InChI is InChI=1S/C7H5N5/c8-1-5-3-12-4-6(9)10-2-7(12)11-5/h2-4H,9H2. The molecular weight excluding hydrogens is 154 g/mol. The number of nitrogens with two attached hydrogens (primary N) is 1. The predicted molar refractivity (Wildman–Crippen MR) is 42.1 cm³/mol. The molecule has 12 heavy (non-hydrogen) atoms. The van der Waals surface area contributed by atoms with E-state index in [4.69, 9.17) is 11.0 Å². The zero-order valence-corrected chi connectivity index (χ0v) is 6.10. The second-order valence-corrected chi connectivity index (χ2v) is 2.32. The molecule has 0 amide bonds. The summed E-state index contributed by atoms with van der Waals surface area (Å²) in [5, 5.41) is 8.53. The highest BCUT2D eigenvalue weighted by Gasteiger charge is 1.99. The van der Waals surface area contributed by atoms with Crippen LogP contribution in [0.4, 0.5) is 5.82 Å². The average Bonchev–Trinajstić information content (AvgIpc) is 2.46. The Bertz CT molecular complexity index is 464. The van der Waals surface area contributed by atoms with Crippen LogP contribution >= 0.6 is 0 Å². The van der Waals surface area contributed by atoms with E-state index in [0.29, 0.717) is 17.2 Å². The summed E-state index contributed by atoms with van der Waals surface area (Å²) in [5.41, 5.74) is 6.42. The average molecular weight is 159 g/mol. The van der Waals surface area contributed by atoms with Crippen LogP contribution in [-0.4, -0.2) is 14.4 Å². The fourth-order valence-corrected chi connectivity index (χ4v) is 0.969. The molecule has 0 radical (unpaired) electrons. The van der Waals surface area contributed by atoms with Gasteiger partial charge in [0.15, 0.2) is 11.3 Å². The molecule has 0 unspecified atom stereocenters. The minimum Gasteiger partial charge on any atom is -0.382 e. The molecule has 0 spiro atoms. The van der Waals surface area contributed by atoms with Crippen molar-refractivity contribution in [1.82, 2.24) is 14.4 Å². The van der Waals surface area contributed by atoms with Crippen LogP contribution in [0.1, 0.15) is 5.69 Å². The van der Waals surface area contributed by atoms with E-state index in [1.807, 2.05) is 6.07 Å². The summed E-state index contributed by atoms with van der Waals surface area (Å²) in [4.78, 5) is 7.80. The van der Waals surface area contributed by atoms with Gasteiger partial charge in [0, 0.05) is 6.20 Å². The normalized spacial score (nSPS) is 9.92. The van der Waals surface area contributed by atoms with E-state index >= 15 is 0 Å². The largest absolute Gasteiger partial charge is 0.382 e. The van der Waals surface area contributed by atoms with Crippen molar-refractivity contribution in [3.63, 3.8) is 0 Å². The summed E-state index contributed by atoms with van der Waals surface area (Å²) in [5.74, 6) is 0.407. The van der Waals surface area contributed by atoms with Crippen molar-refractivity contribution >= 4 is 11.5 Å². The lowest BCUT2D eigenvalue weighted by Crippen LogP contribution is -1.92. The molecule has 0 atom stereocenters. The van der Waals surface area contributed by atoms with E-state index in [0.717, 1.165) is 0 Å². The summed E-state index contributed by atoms with van der Waals surface area (Å²) >= 11 is 0. The number of imidazole rings is 1. The van der Waals surface area contributed by atoms with Crippen LogP contribution in [0.5, 0.6) is 0 Å². The van der Waals surface area contributed by atoms with Gasteiger partial charge >= 0.3 is 0 Å². The maximum absolute atomic E-state index is 8.53. The molecule has 0 aliphatic heterocycles. The van der Waals surface area contributed by atoms with Gasteiger partial charge in [-0.15, -0.1) is 0 Å². The maximum Gasteiger partial charge on any atom is 0.159 e. The van der Waals surface area contributed by atoms with Gasteiger partial charge in [0.25, 0.3) is 0 Å². The second kappa shape index (κ2) is 2.20. The van der Waals surface area contributed by atoms with Gasteiger partial charge < -0.3 is 10.1 Å². The van der Waals surface area contributed by atoms with Crippen LogP contribution in [0.25, 0.3) is 5.65 Å². The molecule has 0 bridgehead atoms. The van der Waals surface area contributed by atoms with E-state index in [-0.39, 0.29) is 0 Å². The monoisotopic (exact) mass is 159 g/mol. The Labute approximate surface area is 68.1 Å². The van der Waals surface area contributed by atoms with Gasteiger partial charge in [-0.1, -0.05) is 0 Å². The quantitative estimate of drug-likeness (QED) is 0.594. The highest BCUT2D eigenvalue weighted by atomic mass is 15.0. The topological polar surface area (TPSA) is 80.0 Å². The predicted octanol–water partition coefficient (Wildman–Crippen LogP) is 0.183. The minimum atomic E-state index is 0.363. The number of hydrogen-bond acceptors (Lipinski definition) is 4. The smallest absolute Gasteiger partial charge is 0.159 e. The molecule has 0 aliphatic rings. The molecule has 0 aromatic carbocycles. The molecule has 2 rings (SSSR count). The molecule has 5 nitrogen and oxygen atoms in total. The number of hydrogen-bond donors (Lipinski definition) is 1. The molecule has 2 heterocycles. The van der Waals surface area contributed by atoms with Gasteiger partial charge in [0.1, 0.15) is 11.9 Å². The van der Waals surface area contributed by atoms with Crippen LogP contribution in [0, 0.1) is 11.3 Å². The van der Waals surface area contributed by atoms with E-state index in [1.54, 1.807) is 16.8 Å². The Kier molecular flexibility index (Phi) is 1.21. The number of nitrogens with zero attached hydrogens (tertiary/aromatic N) is 4. The number of nitriles is 1. The van der Waals surface area contributed by atoms with Crippen molar-refractivity contribution in [3.8, 4) is 6.07 Å². The molecule has 0 fully saturated rings. The third-order valence-electron chi connectivity index (χ3n) is 1.48. The number of rotatable bonds is 0. The van der Waals surface area contributed by atoms with Gasteiger partial charge in [-0.3, -0.25) is 0 Å². The van der Waals surface area contributed by atoms with Gasteiger partial charge in [-0.25, -0.2) is 9.97 Å². The summed E-state index contributed by atoms with van der Waals surface area (Å²) in [6.07, 6.45) is 4.74. The first-order valence-corrected chi connectivity index (χ1v) is 3.30. The number of nitrogen functional groups attached to an aromatic ring is 1. The Morgan fingerprint density at radius 3 is 3.08 bits per heavy atom. The molecular formula is C7H5N5. The first-order chi connectivity index (χ1) is 5.79. The van der Waals surface area contributed by atoms with E-state index in [9.17, 15) is 0 Å². The van der Waals surface area contributed by atoms with Crippen molar-refractivity contribution < 1.29 is 0 Å². The molecule has 58 valence electrons. The highest BCUT2D eigenvalue weighted by molar-refractivity contribution is 5.43. The Morgan fingerprint density at radius 2 is 2.33 bits per heavy atom. The fourth-order valence-electron chi connectivity index (χ4n) is 0.969. The zero-order chi connectivity index (χ0) is 8.55. The van der Waals surface area contributed by atoms with Crippen molar-refractivity contribution in [3.05, 3.63) is 24.3 Å². The molecule has 0 aliphatic carbocycles. The Hall–Kier alpha value is -2.09. The van der Waals surface area contributed by atoms with Gasteiger partial charge in [0.2, 0.25) is 0 Å². The lowest BCUT2D eigenvalue weighted by Gasteiger charge is -1.92. The summed E-state index contributed by atoms with van der Waals surface area (Å²) in [6, 6.07) is 1.94. The van der Waals surface area contributed by atoms with Crippen LogP contribution in [0.15, 0.2) is 18.6 Å². The van der Waals surface area contributed by atoms with Crippen molar-refractivity contribution in [2.45, 2.75) is 0 Å². The third kappa shape index (κ3) is 0.864. The number of fused-ring (bicyclic) bond motifs is 1. The summed E-state index contributed by atoms with van der Waals surface area (Å²) < 4.78 is 1.67. The van der Waals surface area contributed by atoms with Crippen LogP contribution in [0.2, 0.25) is 0 Å². The lowest BCUT2D eigenvalue weighted by atomic mass is 10.5. The van der Waals surface area contributed by atoms with E-state index in [2.05, 4.69) is 9.97 Å².